The van der Waals surface area contributed by atoms with Gasteiger partial charge in [-0.2, -0.15) is 17.0 Å². The molecule has 1 aliphatic rings. The molecule has 0 saturated carbocycles. The van der Waals surface area contributed by atoms with Gasteiger partial charge in [0.2, 0.25) is 0 Å². The van der Waals surface area contributed by atoms with E-state index in [0.717, 1.165) is 0 Å². The van der Waals surface area contributed by atoms with Crippen LogP contribution in [0.4, 0.5) is 4.79 Å². The highest BCUT2D eigenvalue weighted by atomic mass is 32.2. The molecule has 0 aromatic heterocycles. The van der Waals surface area contributed by atoms with Gasteiger partial charge in [-0.1, -0.05) is 0 Å². The molecule has 1 aliphatic heterocycles. The zero-order valence-electron chi connectivity index (χ0n) is 10.2. The highest BCUT2D eigenvalue weighted by Gasteiger charge is 2.45. The maximum absolute atomic E-state index is 11.7. The number of carbonyl (C=O) groups is 1. The van der Waals surface area contributed by atoms with E-state index in [9.17, 15) is 4.79 Å². The summed E-state index contributed by atoms with van der Waals surface area (Å²) in [4.78, 5) is 13.3. The maximum Gasteiger partial charge on any atom is 0.410 e. The molecule has 5 heteroatoms. The van der Waals surface area contributed by atoms with Crippen LogP contribution in [0, 0.1) is 11.3 Å². The Morgan fingerprint density at radius 3 is 2.50 bits per heavy atom. The molecule has 4 nitrogen and oxygen atoms in total. The van der Waals surface area contributed by atoms with Crippen molar-refractivity contribution in [2.45, 2.75) is 37.5 Å². The standard InChI is InChI=1S/C11H18N2O2S/c1-10(2,3)15-9(14)13-7-11(8-13,16-4)5-6-12/h5,7-8H2,1-4H3. The van der Waals surface area contributed by atoms with Crippen LogP contribution in [-0.4, -0.2) is 40.7 Å². The second-order valence-electron chi connectivity index (χ2n) is 5.06. The van der Waals surface area contributed by atoms with E-state index < -0.39 is 5.60 Å². The number of rotatable bonds is 2. The van der Waals surface area contributed by atoms with E-state index in [1.165, 1.54) is 0 Å². The van der Waals surface area contributed by atoms with Crippen LogP contribution in [0.25, 0.3) is 0 Å². The SMILES string of the molecule is CSC1(CC#N)CN(C(=O)OC(C)(C)C)C1. The van der Waals surface area contributed by atoms with Gasteiger partial charge >= 0.3 is 6.09 Å². The fourth-order valence-electron chi connectivity index (χ4n) is 1.56. The van der Waals surface area contributed by atoms with Crippen LogP contribution in [0.2, 0.25) is 0 Å². The molecular weight excluding hydrogens is 224 g/mol. The van der Waals surface area contributed by atoms with Crippen molar-refractivity contribution >= 4 is 17.9 Å². The Bertz CT molecular complexity index is 311. The van der Waals surface area contributed by atoms with Gasteiger partial charge in [0.15, 0.2) is 0 Å². The van der Waals surface area contributed by atoms with Crippen molar-refractivity contribution in [1.82, 2.24) is 4.90 Å². The number of likely N-dealkylation sites (tertiary alicyclic amines) is 1. The third kappa shape index (κ3) is 3.05. The van der Waals surface area contributed by atoms with E-state index in [-0.39, 0.29) is 10.8 Å². The average Bonchev–Trinajstić information content (AvgIpc) is 2.07. The number of nitrogens with zero attached hydrogens (tertiary/aromatic N) is 2. The number of thioether (sulfide) groups is 1. The molecule has 0 bridgehead atoms. The van der Waals surface area contributed by atoms with Crippen molar-refractivity contribution in [1.29, 1.82) is 5.26 Å². The van der Waals surface area contributed by atoms with Crippen molar-refractivity contribution in [2.24, 2.45) is 0 Å². The van der Waals surface area contributed by atoms with Gasteiger partial charge in [0.05, 0.1) is 17.2 Å². The number of carbonyl (C=O) groups excluding carboxylic acids is 1. The molecular formula is C11H18N2O2S. The van der Waals surface area contributed by atoms with Crippen molar-refractivity contribution < 1.29 is 9.53 Å². The summed E-state index contributed by atoms with van der Waals surface area (Å²) in [5.74, 6) is 0. The summed E-state index contributed by atoms with van der Waals surface area (Å²) >= 11 is 1.65. The molecule has 0 spiro atoms. The smallest absolute Gasteiger partial charge is 0.410 e. The van der Waals surface area contributed by atoms with Crippen molar-refractivity contribution in [3.8, 4) is 6.07 Å². The van der Waals surface area contributed by atoms with Gasteiger partial charge in [-0.3, -0.25) is 0 Å². The Kier molecular flexibility index (Phi) is 3.74. The van der Waals surface area contributed by atoms with Crippen LogP contribution < -0.4 is 0 Å². The second kappa shape index (κ2) is 4.54. The monoisotopic (exact) mass is 242 g/mol. The first-order chi connectivity index (χ1) is 7.32. The lowest BCUT2D eigenvalue weighted by Gasteiger charge is -2.47. The fraction of sp³-hybridized carbons (Fsp3) is 0.818. The zero-order valence-corrected chi connectivity index (χ0v) is 11.1. The minimum atomic E-state index is -0.454. The Labute approximate surface area is 101 Å². The van der Waals surface area contributed by atoms with Crippen molar-refractivity contribution in [3.63, 3.8) is 0 Å². The summed E-state index contributed by atoms with van der Waals surface area (Å²) in [6.45, 7) is 6.76. The van der Waals surface area contributed by atoms with Crippen molar-refractivity contribution in [3.05, 3.63) is 0 Å². The van der Waals surface area contributed by atoms with Gasteiger partial charge in [-0.15, -0.1) is 0 Å². The molecule has 16 heavy (non-hydrogen) atoms. The fourth-order valence-corrected chi connectivity index (χ4v) is 2.34. The molecule has 90 valence electrons. The first-order valence-corrected chi connectivity index (χ1v) is 6.44. The molecule has 1 fully saturated rings. The van der Waals surface area contributed by atoms with Crippen LogP contribution in [0.15, 0.2) is 0 Å². The normalized spacial score (nSPS) is 18.6. The molecule has 0 N–H and O–H groups in total. The molecule has 1 saturated heterocycles. The molecule has 0 aliphatic carbocycles. The predicted octanol–water partition coefficient (Wildman–Crippen LogP) is 2.25. The van der Waals surface area contributed by atoms with Crippen LogP contribution in [-0.2, 0) is 4.74 Å². The lowest BCUT2D eigenvalue weighted by Crippen LogP contribution is -2.61. The summed E-state index contributed by atoms with van der Waals surface area (Å²) in [6, 6.07) is 2.17. The van der Waals surface area contributed by atoms with Gasteiger partial charge in [-0.05, 0) is 27.0 Å². The molecule has 0 aromatic rings. The summed E-state index contributed by atoms with van der Waals surface area (Å²) in [5.41, 5.74) is -0.454. The molecule has 1 rings (SSSR count). The van der Waals surface area contributed by atoms with Crippen LogP contribution in [0.5, 0.6) is 0 Å². The van der Waals surface area contributed by atoms with Gasteiger partial charge in [0.25, 0.3) is 0 Å². The maximum atomic E-state index is 11.7. The van der Waals surface area contributed by atoms with E-state index in [2.05, 4.69) is 6.07 Å². The lowest BCUT2D eigenvalue weighted by atomic mass is 9.96. The summed E-state index contributed by atoms with van der Waals surface area (Å²) in [6.07, 6.45) is 2.17. The van der Waals surface area contributed by atoms with Crippen LogP contribution in [0.3, 0.4) is 0 Å². The van der Waals surface area contributed by atoms with E-state index in [1.54, 1.807) is 16.7 Å². The number of hydrogen-bond acceptors (Lipinski definition) is 4. The third-order valence-electron chi connectivity index (χ3n) is 2.44. The number of hydrogen-bond donors (Lipinski definition) is 0. The summed E-state index contributed by atoms with van der Waals surface area (Å²) < 4.78 is 5.17. The average molecular weight is 242 g/mol. The zero-order chi connectivity index (χ0) is 12.4. The quantitative estimate of drug-likeness (QED) is 0.745. The largest absolute Gasteiger partial charge is 0.444 e. The Morgan fingerprint density at radius 2 is 2.12 bits per heavy atom. The highest BCUT2D eigenvalue weighted by Crippen LogP contribution is 2.37. The molecule has 0 unspecified atom stereocenters. The van der Waals surface area contributed by atoms with Gasteiger partial charge in [0, 0.05) is 13.1 Å². The minimum Gasteiger partial charge on any atom is -0.444 e. The molecule has 0 atom stereocenters. The van der Waals surface area contributed by atoms with Gasteiger partial charge < -0.3 is 9.64 Å². The Hall–Kier alpha value is -0.890. The summed E-state index contributed by atoms with van der Waals surface area (Å²) in [7, 11) is 0. The lowest BCUT2D eigenvalue weighted by molar-refractivity contribution is 0.00513. The summed E-state index contributed by atoms with van der Waals surface area (Å²) in [5, 5.41) is 8.71. The molecule has 0 aromatic carbocycles. The van der Waals surface area contributed by atoms with E-state index in [1.807, 2.05) is 27.0 Å². The van der Waals surface area contributed by atoms with E-state index in [0.29, 0.717) is 19.5 Å². The Balaban J connectivity index is 2.46. The molecule has 0 radical (unpaired) electrons. The Morgan fingerprint density at radius 1 is 1.56 bits per heavy atom. The minimum absolute atomic E-state index is 0.0777. The van der Waals surface area contributed by atoms with Crippen LogP contribution in [0.1, 0.15) is 27.2 Å². The third-order valence-corrected chi connectivity index (χ3v) is 3.71. The molecule has 1 heterocycles. The van der Waals surface area contributed by atoms with E-state index in [4.69, 9.17) is 10.00 Å². The van der Waals surface area contributed by atoms with Gasteiger partial charge in [-0.25, -0.2) is 4.79 Å². The van der Waals surface area contributed by atoms with Crippen LogP contribution >= 0.6 is 11.8 Å². The van der Waals surface area contributed by atoms with Gasteiger partial charge in [0.1, 0.15) is 5.60 Å². The first kappa shape index (κ1) is 13.2. The number of amides is 1. The topological polar surface area (TPSA) is 53.3 Å². The molecule has 1 amide bonds. The number of ether oxygens (including phenoxy) is 1. The second-order valence-corrected chi connectivity index (χ2v) is 6.33. The van der Waals surface area contributed by atoms with Crippen molar-refractivity contribution in [2.75, 3.05) is 19.3 Å². The highest BCUT2D eigenvalue weighted by molar-refractivity contribution is 8.00. The predicted molar refractivity (Wildman–Crippen MR) is 64.3 cm³/mol. The first-order valence-electron chi connectivity index (χ1n) is 5.22. The number of nitriles is 1. The van der Waals surface area contributed by atoms with E-state index >= 15 is 0 Å².